The Morgan fingerprint density at radius 3 is 2.75 bits per heavy atom. The van der Waals surface area contributed by atoms with Crippen LogP contribution in [-0.4, -0.2) is 21.7 Å². The molecule has 4 heteroatoms. The third kappa shape index (κ3) is 4.44. The Morgan fingerprint density at radius 1 is 1.14 bits per heavy atom. The maximum Gasteiger partial charge on any atom is 0.220 e. The van der Waals surface area contributed by atoms with Gasteiger partial charge in [-0.25, -0.2) is 0 Å². The fourth-order valence-electron chi connectivity index (χ4n) is 8.59. The Bertz CT molecular complexity index is 1160. The number of fused-ring (bicyclic) bond motifs is 4. The topological polar surface area (TPSA) is 54.3 Å². The van der Waals surface area contributed by atoms with Crippen LogP contribution in [0.4, 0.5) is 0 Å². The fraction of sp³-hybridized carbons (Fsp3) is 0.656. The number of nitrogens with zero attached hydrogens (tertiary/aromatic N) is 1. The molecule has 2 N–H and O–H groups in total. The molecule has 0 bridgehead atoms. The van der Waals surface area contributed by atoms with E-state index < -0.39 is 0 Å². The SMILES string of the molecule is CC1=C(CCCC(=O)NCc2ccc3c(ccn3C)c2)C2CCC3C(C)(C)[C@@H](O)CC[C@]3(C)C2CC1. The highest BCUT2D eigenvalue weighted by molar-refractivity contribution is 5.81. The Balaban J connectivity index is 1.17. The minimum atomic E-state index is -0.166. The normalized spacial score (nSPS) is 31.7. The quantitative estimate of drug-likeness (QED) is 0.433. The van der Waals surface area contributed by atoms with Gasteiger partial charge in [0.2, 0.25) is 5.91 Å². The van der Waals surface area contributed by atoms with Crippen molar-refractivity contribution in [1.29, 1.82) is 0 Å². The van der Waals surface area contributed by atoms with Gasteiger partial charge in [0.25, 0.3) is 0 Å². The maximum atomic E-state index is 12.7. The Hall–Kier alpha value is -2.07. The lowest BCUT2D eigenvalue weighted by atomic mass is 9.43. The molecule has 1 aromatic carbocycles. The minimum absolute atomic E-state index is 0.0114. The van der Waals surface area contributed by atoms with Crippen molar-refractivity contribution in [3.05, 3.63) is 47.2 Å². The average molecular weight is 491 g/mol. The second kappa shape index (κ2) is 9.67. The molecule has 5 atom stereocenters. The van der Waals surface area contributed by atoms with E-state index in [2.05, 4.69) is 75.1 Å². The number of aliphatic hydroxyl groups is 1. The van der Waals surface area contributed by atoms with E-state index in [0.29, 0.717) is 30.2 Å². The molecule has 36 heavy (non-hydrogen) atoms. The number of allylic oxidation sites excluding steroid dienone is 2. The zero-order valence-electron chi connectivity index (χ0n) is 23.1. The molecular formula is C32H46N2O2. The predicted molar refractivity (Wildman–Crippen MR) is 147 cm³/mol. The molecule has 2 aromatic rings. The average Bonchev–Trinajstić information content (AvgIpc) is 3.21. The van der Waals surface area contributed by atoms with E-state index in [1.807, 2.05) is 0 Å². The fourth-order valence-corrected chi connectivity index (χ4v) is 8.59. The molecule has 2 fully saturated rings. The van der Waals surface area contributed by atoms with E-state index in [0.717, 1.165) is 37.2 Å². The monoisotopic (exact) mass is 490 g/mol. The second-order valence-corrected chi connectivity index (χ2v) is 13.0. The van der Waals surface area contributed by atoms with Crippen LogP contribution in [0.15, 0.2) is 41.6 Å². The first-order valence-electron chi connectivity index (χ1n) is 14.3. The van der Waals surface area contributed by atoms with Crippen molar-refractivity contribution in [3.63, 3.8) is 0 Å². The molecule has 4 nitrogen and oxygen atoms in total. The van der Waals surface area contributed by atoms with Crippen molar-refractivity contribution in [1.82, 2.24) is 9.88 Å². The number of aliphatic hydroxyl groups excluding tert-OH is 1. The van der Waals surface area contributed by atoms with Gasteiger partial charge in [-0.15, -0.1) is 0 Å². The summed E-state index contributed by atoms with van der Waals surface area (Å²) < 4.78 is 2.12. The van der Waals surface area contributed by atoms with Crippen LogP contribution in [-0.2, 0) is 18.4 Å². The van der Waals surface area contributed by atoms with Crippen LogP contribution >= 0.6 is 0 Å². The number of aromatic nitrogens is 1. The number of aryl methyl sites for hydroxylation is 1. The van der Waals surface area contributed by atoms with Crippen molar-refractivity contribution in [2.24, 2.45) is 35.6 Å². The Labute approximate surface area is 217 Å². The molecule has 1 aromatic heterocycles. The van der Waals surface area contributed by atoms with E-state index in [9.17, 15) is 9.90 Å². The molecule has 3 aliphatic carbocycles. The number of hydrogen-bond donors (Lipinski definition) is 2. The van der Waals surface area contributed by atoms with Crippen LogP contribution in [0.3, 0.4) is 0 Å². The van der Waals surface area contributed by atoms with Crippen molar-refractivity contribution >= 4 is 16.8 Å². The minimum Gasteiger partial charge on any atom is -0.393 e. The lowest BCUT2D eigenvalue weighted by Gasteiger charge is -2.62. The van der Waals surface area contributed by atoms with Crippen LogP contribution in [0, 0.1) is 28.6 Å². The van der Waals surface area contributed by atoms with Gasteiger partial charge >= 0.3 is 0 Å². The number of nitrogens with one attached hydrogen (secondary N) is 1. The van der Waals surface area contributed by atoms with Crippen molar-refractivity contribution < 1.29 is 9.90 Å². The second-order valence-electron chi connectivity index (χ2n) is 13.0. The number of carbonyl (C=O) groups excluding carboxylic acids is 1. The summed E-state index contributed by atoms with van der Waals surface area (Å²) in [6.45, 7) is 10.1. The van der Waals surface area contributed by atoms with E-state index in [4.69, 9.17) is 0 Å². The lowest BCUT2D eigenvalue weighted by Crippen LogP contribution is -2.56. The van der Waals surface area contributed by atoms with E-state index in [1.54, 1.807) is 11.1 Å². The van der Waals surface area contributed by atoms with Gasteiger partial charge in [-0.2, -0.15) is 0 Å². The molecule has 2 saturated carbocycles. The number of hydrogen-bond acceptors (Lipinski definition) is 2. The van der Waals surface area contributed by atoms with E-state index >= 15 is 0 Å². The number of rotatable bonds is 6. The van der Waals surface area contributed by atoms with E-state index in [-0.39, 0.29) is 17.4 Å². The Kier molecular flexibility index (Phi) is 6.87. The summed E-state index contributed by atoms with van der Waals surface area (Å²) in [6, 6.07) is 8.54. The first-order chi connectivity index (χ1) is 17.1. The highest BCUT2D eigenvalue weighted by Gasteiger charge is 2.58. The smallest absolute Gasteiger partial charge is 0.220 e. The van der Waals surface area contributed by atoms with Crippen LogP contribution in [0.25, 0.3) is 10.9 Å². The summed E-state index contributed by atoms with van der Waals surface area (Å²) in [4.78, 5) is 12.7. The van der Waals surface area contributed by atoms with Gasteiger partial charge < -0.3 is 15.0 Å². The Morgan fingerprint density at radius 2 is 1.94 bits per heavy atom. The first-order valence-corrected chi connectivity index (χ1v) is 14.3. The molecule has 196 valence electrons. The van der Waals surface area contributed by atoms with Crippen LogP contribution in [0.2, 0.25) is 0 Å². The van der Waals surface area contributed by atoms with Crippen LogP contribution in [0.5, 0.6) is 0 Å². The molecule has 0 aliphatic heterocycles. The first kappa shape index (κ1) is 25.6. The van der Waals surface area contributed by atoms with Gasteiger partial charge in [0.05, 0.1) is 6.10 Å². The summed E-state index contributed by atoms with van der Waals surface area (Å²) in [7, 11) is 2.06. The molecule has 1 heterocycles. The van der Waals surface area contributed by atoms with Crippen molar-refractivity contribution in [2.75, 3.05) is 0 Å². The van der Waals surface area contributed by atoms with Crippen LogP contribution < -0.4 is 5.32 Å². The lowest BCUT2D eigenvalue weighted by molar-refractivity contribution is -0.149. The van der Waals surface area contributed by atoms with Gasteiger partial charge in [0, 0.05) is 31.7 Å². The molecule has 3 aliphatic rings. The summed E-state index contributed by atoms with van der Waals surface area (Å²) in [6.07, 6.45) is 11.6. The molecule has 0 saturated heterocycles. The van der Waals surface area contributed by atoms with Crippen LogP contribution in [0.1, 0.15) is 91.0 Å². The third-order valence-electron chi connectivity index (χ3n) is 10.7. The molecule has 5 rings (SSSR count). The highest BCUT2D eigenvalue weighted by Crippen LogP contribution is 2.64. The number of carbonyl (C=O) groups is 1. The van der Waals surface area contributed by atoms with Gasteiger partial charge in [-0.1, -0.05) is 38.0 Å². The highest BCUT2D eigenvalue weighted by atomic mass is 16.3. The zero-order valence-corrected chi connectivity index (χ0v) is 23.1. The zero-order chi connectivity index (χ0) is 25.7. The van der Waals surface area contributed by atoms with Gasteiger partial charge in [-0.05, 0) is 116 Å². The number of benzene rings is 1. The summed E-state index contributed by atoms with van der Waals surface area (Å²) in [5, 5.41) is 15.1. The molecule has 0 radical (unpaired) electrons. The van der Waals surface area contributed by atoms with Gasteiger partial charge in [-0.3, -0.25) is 4.79 Å². The predicted octanol–water partition coefficient (Wildman–Crippen LogP) is 6.90. The molecular weight excluding hydrogens is 444 g/mol. The summed E-state index contributed by atoms with van der Waals surface area (Å²) >= 11 is 0. The summed E-state index contributed by atoms with van der Waals surface area (Å²) in [5.74, 6) is 2.16. The summed E-state index contributed by atoms with van der Waals surface area (Å²) in [5.41, 5.74) is 5.96. The van der Waals surface area contributed by atoms with Gasteiger partial charge in [0.1, 0.15) is 0 Å². The van der Waals surface area contributed by atoms with Crippen molar-refractivity contribution in [2.45, 2.75) is 98.1 Å². The maximum absolute atomic E-state index is 12.7. The van der Waals surface area contributed by atoms with Gasteiger partial charge in [0.15, 0.2) is 0 Å². The number of amides is 1. The van der Waals surface area contributed by atoms with Crippen molar-refractivity contribution in [3.8, 4) is 0 Å². The largest absolute Gasteiger partial charge is 0.393 e. The standard InChI is InChI=1S/C32H46N2O2/c1-21-9-12-26-25(11-14-28-31(2,3)29(35)15-17-32(26,28)4)24(21)7-6-8-30(36)33-20-22-10-13-27-23(19-22)16-18-34(27)5/h10,13,16,18-19,25-26,28-29,35H,6-9,11-12,14-15,17,20H2,1-5H3,(H,33,36)/t25?,26?,28?,29-,32+/m0/s1. The molecule has 3 unspecified atom stereocenters. The molecule has 1 amide bonds. The third-order valence-corrected chi connectivity index (χ3v) is 10.7. The van der Waals surface area contributed by atoms with E-state index in [1.165, 1.54) is 36.6 Å². The molecule has 0 spiro atoms.